The largest absolute Gasteiger partial charge is 0.496 e. The number of oxime groups is 1. The molecule has 20 heavy (non-hydrogen) atoms. The molecule has 0 N–H and O–H groups in total. The highest BCUT2D eigenvalue weighted by molar-refractivity contribution is 5.88. The summed E-state index contributed by atoms with van der Waals surface area (Å²) in [5.41, 5.74) is 0.583. The first-order valence-corrected chi connectivity index (χ1v) is 6.23. The van der Waals surface area contributed by atoms with E-state index in [0.29, 0.717) is 22.8 Å². The zero-order chi connectivity index (χ0) is 14.5. The van der Waals surface area contributed by atoms with Gasteiger partial charge in [0.05, 0.1) is 39.0 Å². The van der Waals surface area contributed by atoms with E-state index in [2.05, 4.69) is 5.16 Å². The summed E-state index contributed by atoms with van der Waals surface area (Å²) in [7, 11) is 4.61. The summed E-state index contributed by atoms with van der Waals surface area (Å²) in [6.45, 7) is 0. The Labute approximate surface area is 117 Å². The fourth-order valence-electron chi connectivity index (χ4n) is 1.68. The molecule has 1 aromatic carbocycles. The van der Waals surface area contributed by atoms with Crippen LogP contribution in [0.4, 0.5) is 0 Å². The van der Waals surface area contributed by atoms with E-state index in [4.69, 9.17) is 19.0 Å². The Morgan fingerprint density at radius 2 is 1.75 bits per heavy atom. The number of benzene rings is 1. The van der Waals surface area contributed by atoms with Gasteiger partial charge in [0.2, 0.25) is 0 Å². The Morgan fingerprint density at radius 1 is 1.15 bits per heavy atom. The van der Waals surface area contributed by atoms with Gasteiger partial charge in [0, 0.05) is 12.1 Å². The van der Waals surface area contributed by atoms with Crippen molar-refractivity contribution in [2.75, 3.05) is 21.3 Å². The monoisotopic (exact) mass is 279 g/mol. The number of hydrogen-bond acceptors (Lipinski definition) is 6. The van der Waals surface area contributed by atoms with Crippen LogP contribution in [0.25, 0.3) is 0 Å². The van der Waals surface area contributed by atoms with Crippen molar-refractivity contribution >= 4 is 12.2 Å². The van der Waals surface area contributed by atoms with Crippen LogP contribution in [0, 0.1) is 5.92 Å². The SMILES string of the molecule is COc1cc(OC)c(/C=N/OC(=O)C2CC2)c(OC)c1. The molecule has 0 saturated heterocycles. The lowest BCUT2D eigenvalue weighted by atomic mass is 10.2. The summed E-state index contributed by atoms with van der Waals surface area (Å²) in [6.07, 6.45) is 3.16. The Balaban J connectivity index is 2.19. The van der Waals surface area contributed by atoms with Gasteiger partial charge in [0.25, 0.3) is 0 Å². The number of hydrogen-bond donors (Lipinski definition) is 0. The van der Waals surface area contributed by atoms with Crippen molar-refractivity contribution in [2.24, 2.45) is 11.1 Å². The van der Waals surface area contributed by atoms with Gasteiger partial charge in [-0.1, -0.05) is 5.16 Å². The maximum absolute atomic E-state index is 11.4. The van der Waals surface area contributed by atoms with E-state index in [1.807, 2.05) is 0 Å². The second-order valence-corrected chi connectivity index (χ2v) is 4.36. The van der Waals surface area contributed by atoms with Crippen molar-refractivity contribution < 1.29 is 23.8 Å². The highest BCUT2D eigenvalue weighted by atomic mass is 16.7. The first kappa shape index (κ1) is 14.2. The maximum atomic E-state index is 11.4. The molecule has 0 atom stereocenters. The molecule has 0 bridgehead atoms. The van der Waals surface area contributed by atoms with Gasteiger partial charge in [0.1, 0.15) is 17.2 Å². The van der Waals surface area contributed by atoms with Crippen molar-refractivity contribution in [3.63, 3.8) is 0 Å². The molecule has 1 fully saturated rings. The molecule has 0 spiro atoms. The fraction of sp³-hybridized carbons (Fsp3) is 0.429. The second kappa shape index (κ2) is 6.27. The lowest BCUT2D eigenvalue weighted by molar-refractivity contribution is -0.145. The fourth-order valence-corrected chi connectivity index (χ4v) is 1.68. The van der Waals surface area contributed by atoms with E-state index < -0.39 is 0 Å². The third kappa shape index (κ3) is 3.20. The third-order valence-electron chi connectivity index (χ3n) is 2.99. The van der Waals surface area contributed by atoms with E-state index in [9.17, 15) is 4.79 Å². The zero-order valence-corrected chi connectivity index (χ0v) is 11.7. The molecule has 0 unspecified atom stereocenters. The van der Waals surface area contributed by atoms with Crippen LogP contribution in [-0.4, -0.2) is 33.5 Å². The molecule has 6 nitrogen and oxygen atoms in total. The van der Waals surface area contributed by atoms with E-state index >= 15 is 0 Å². The van der Waals surface area contributed by atoms with Crippen molar-refractivity contribution in [1.82, 2.24) is 0 Å². The van der Waals surface area contributed by atoms with Crippen LogP contribution in [0.5, 0.6) is 17.2 Å². The van der Waals surface area contributed by atoms with E-state index in [-0.39, 0.29) is 11.9 Å². The van der Waals surface area contributed by atoms with Crippen LogP contribution >= 0.6 is 0 Å². The molecule has 6 heteroatoms. The summed E-state index contributed by atoms with van der Waals surface area (Å²) in [5, 5.41) is 3.70. The van der Waals surface area contributed by atoms with Crippen molar-refractivity contribution in [2.45, 2.75) is 12.8 Å². The Bertz CT molecular complexity index is 497. The van der Waals surface area contributed by atoms with Gasteiger partial charge in [-0.25, -0.2) is 4.79 Å². The lowest BCUT2D eigenvalue weighted by Gasteiger charge is -2.11. The highest BCUT2D eigenvalue weighted by Crippen LogP contribution is 2.33. The normalized spacial score (nSPS) is 14.2. The summed E-state index contributed by atoms with van der Waals surface area (Å²) in [4.78, 5) is 16.2. The molecule has 2 rings (SSSR count). The van der Waals surface area contributed by atoms with Crippen LogP contribution in [0.2, 0.25) is 0 Å². The van der Waals surface area contributed by atoms with Gasteiger partial charge in [-0.3, -0.25) is 0 Å². The zero-order valence-electron chi connectivity index (χ0n) is 11.7. The van der Waals surface area contributed by atoms with E-state index in [0.717, 1.165) is 12.8 Å². The van der Waals surface area contributed by atoms with Crippen LogP contribution in [0.3, 0.4) is 0 Å². The minimum absolute atomic E-state index is 0.00630. The molecule has 0 amide bonds. The molecule has 108 valence electrons. The molecule has 0 heterocycles. The van der Waals surface area contributed by atoms with Crippen LogP contribution in [0.15, 0.2) is 17.3 Å². The van der Waals surface area contributed by atoms with Crippen LogP contribution in [0.1, 0.15) is 18.4 Å². The third-order valence-corrected chi connectivity index (χ3v) is 2.99. The van der Waals surface area contributed by atoms with Crippen molar-refractivity contribution in [3.05, 3.63) is 17.7 Å². The van der Waals surface area contributed by atoms with Gasteiger partial charge in [-0.05, 0) is 12.8 Å². The average Bonchev–Trinajstić information content (AvgIpc) is 3.31. The molecule has 1 aromatic rings. The number of carbonyl (C=O) groups excluding carboxylic acids is 1. The standard InChI is InChI=1S/C14H17NO5/c1-17-10-6-12(18-2)11(13(7-10)19-3)8-15-20-14(16)9-4-5-9/h6-9H,4-5H2,1-3H3/b15-8+. The van der Waals surface area contributed by atoms with Gasteiger partial charge >= 0.3 is 5.97 Å². The quantitative estimate of drug-likeness (QED) is 0.452. The van der Waals surface area contributed by atoms with E-state index in [1.165, 1.54) is 20.4 Å². The van der Waals surface area contributed by atoms with Crippen molar-refractivity contribution in [1.29, 1.82) is 0 Å². The highest BCUT2D eigenvalue weighted by Gasteiger charge is 2.31. The summed E-state index contributed by atoms with van der Waals surface area (Å²) in [6, 6.07) is 3.40. The Morgan fingerprint density at radius 3 is 2.20 bits per heavy atom. The van der Waals surface area contributed by atoms with Gasteiger partial charge in [-0.2, -0.15) is 0 Å². The molecule has 1 aliphatic carbocycles. The molecule has 0 aromatic heterocycles. The number of ether oxygens (including phenoxy) is 3. The average molecular weight is 279 g/mol. The molecular weight excluding hydrogens is 262 g/mol. The predicted octanol–water partition coefficient (Wildman–Crippen LogP) is 2.00. The molecule has 1 aliphatic rings. The number of nitrogens with zero attached hydrogens (tertiary/aromatic N) is 1. The molecule has 1 saturated carbocycles. The topological polar surface area (TPSA) is 66.3 Å². The van der Waals surface area contributed by atoms with Gasteiger partial charge < -0.3 is 19.0 Å². The smallest absolute Gasteiger partial charge is 0.338 e. The number of methoxy groups -OCH3 is 3. The molecular formula is C14H17NO5. The minimum atomic E-state index is -0.298. The first-order chi connectivity index (χ1) is 9.69. The van der Waals surface area contributed by atoms with Crippen LogP contribution < -0.4 is 14.2 Å². The molecule has 0 aliphatic heterocycles. The van der Waals surface area contributed by atoms with Gasteiger partial charge in [-0.15, -0.1) is 0 Å². The second-order valence-electron chi connectivity index (χ2n) is 4.36. The lowest BCUT2D eigenvalue weighted by Crippen LogP contribution is -2.03. The maximum Gasteiger partial charge on any atom is 0.338 e. The number of rotatable bonds is 6. The van der Waals surface area contributed by atoms with E-state index in [1.54, 1.807) is 19.2 Å². The summed E-state index contributed by atoms with van der Waals surface area (Å²) in [5.74, 6) is 1.35. The summed E-state index contributed by atoms with van der Waals surface area (Å²) >= 11 is 0. The Kier molecular flexibility index (Phi) is 4.45. The summed E-state index contributed by atoms with van der Waals surface area (Å²) < 4.78 is 15.7. The first-order valence-electron chi connectivity index (χ1n) is 6.23. The molecule has 0 radical (unpaired) electrons. The van der Waals surface area contributed by atoms with Crippen molar-refractivity contribution in [3.8, 4) is 17.2 Å². The minimum Gasteiger partial charge on any atom is -0.496 e. The predicted molar refractivity (Wildman–Crippen MR) is 72.5 cm³/mol. The van der Waals surface area contributed by atoms with Gasteiger partial charge in [0.15, 0.2) is 0 Å². The van der Waals surface area contributed by atoms with Crippen LogP contribution in [-0.2, 0) is 9.63 Å². The number of carbonyl (C=O) groups is 1. The Hall–Kier alpha value is -2.24.